The van der Waals surface area contributed by atoms with Gasteiger partial charge in [-0.05, 0) is 6.07 Å². The van der Waals surface area contributed by atoms with Crippen LogP contribution in [0.2, 0.25) is 0 Å². The number of nitrogens with zero attached hydrogens (tertiary/aromatic N) is 2. The predicted octanol–water partition coefficient (Wildman–Crippen LogP) is -1.04. The summed E-state index contributed by atoms with van der Waals surface area (Å²) in [6, 6.07) is 3.54. The number of terminal acetylenes is 1. The third-order valence-corrected chi connectivity index (χ3v) is 1.01. The number of nitrogen functional groups attached to an aromatic ring is 1. The number of anilines is 1. The van der Waals surface area contributed by atoms with Crippen molar-refractivity contribution in [2.75, 3.05) is 11.2 Å². The average Bonchev–Trinajstić information content (AvgIpc) is 1.95. The monoisotopic (exact) mass is 150 g/mol. The van der Waals surface area contributed by atoms with Gasteiger partial charge in [0.2, 0.25) is 0 Å². The van der Waals surface area contributed by atoms with Crippen LogP contribution in [-0.4, -0.2) is 9.66 Å². The van der Waals surface area contributed by atoms with E-state index < -0.39 is 5.69 Å². The van der Waals surface area contributed by atoms with E-state index in [2.05, 4.69) is 16.5 Å². The molecular formula is C6H6N4O. The van der Waals surface area contributed by atoms with Gasteiger partial charge in [0.15, 0.2) is 0 Å². The molecular weight excluding hydrogens is 144 g/mol. The minimum absolute atomic E-state index is 0.171. The van der Waals surface area contributed by atoms with Gasteiger partial charge in [0.25, 0.3) is 0 Å². The van der Waals surface area contributed by atoms with Crippen molar-refractivity contribution in [1.29, 1.82) is 0 Å². The topological polar surface area (TPSA) is 72.9 Å². The molecule has 1 heterocycles. The molecule has 3 N–H and O–H groups in total. The van der Waals surface area contributed by atoms with Crippen molar-refractivity contribution in [1.82, 2.24) is 9.66 Å². The van der Waals surface area contributed by atoms with Crippen molar-refractivity contribution < 1.29 is 0 Å². The van der Waals surface area contributed by atoms with Gasteiger partial charge in [0, 0.05) is 12.2 Å². The van der Waals surface area contributed by atoms with Gasteiger partial charge in [-0.25, -0.2) is 14.9 Å². The standard InChI is InChI=1S/C6H6N4O/c1-2-8-10-4-3-5(7)9-6(10)11/h1,3-4,8H,(H2,7,9,11). The fourth-order valence-corrected chi connectivity index (χ4v) is 0.571. The van der Waals surface area contributed by atoms with Gasteiger partial charge in [0.05, 0.1) is 0 Å². The fraction of sp³-hybridized carbons (Fsp3) is 0. The number of rotatable bonds is 1. The molecule has 1 rings (SSSR count). The Kier molecular flexibility index (Phi) is 1.79. The lowest BCUT2D eigenvalue weighted by atomic mass is 10.6. The smallest absolute Gasteiger partial charge is 0.368 e. The molecule has 0 spiro atoms. The van der Waals surface area contributed by atoms with Crippen LogP contribution in [0.25, 0.3) is 0 Å². The average molecular weight is 150 g/mol. The van der Waals surface area contributed by atoms with Gasteiger partial charge < -0.3 is 5.73 Å². The first-order valence-electron chi connectivity index (χ1n) is 2.81. The summed E-state index contributed by atoms with van der Waals surface area (Å²) < 4.78 is 1.05. The van der Waals surface area contributed by atoms with E-state index in [0.29, 0.717) is 0 Å². The molecule has 0 radical (unpaired) electrons. The van der Waals surface area contributed by atoms with Crippen molar-refractivity contribution in [3.8, 4) is 12.5 Å². The van der Waals surface area contributed by atoms with Crippen molar-refractivity contribution in [3.63, 3.8) is 0 Å². The van der Waals surface area contributed by atoms with Crippen LogP contribution in [0.4, 0.5) is 5.82 Å². The first-order chi connectivity index (χ1) is 5.24. The highest BCUT2D eigenvalue weighted by atomic mass is 16.1. The molecule has 5 nitrogen and oxygen atoms in total. The van der Waals surface area contributed by atoms with Gasteiger partial charge in [-0.2, -0.15) is 4.98 Å². The van der Waals surface area contributed by atoms with Gasteiger partial charge in [-0.15, -0.1) is 0 Å². The molecule has 56 valence electrons. The van der Waals surface area contributed by atoms with Crippen molar-refractivity contribution >= 4 is 5.82 Å². The van der Waals surface area contributed by atoms with Crippen LogP contribution in [0.1, 0.15) is 0 Å². The highest BCUT2D eigenvalue weighted by Gasteiger charge is 1.92. The van der Waals surface area contributed by atoms with E-state index >= 15 is 0 Å². The molecule has 0 atom stereocenters. The lowest BCUT2D eigenvalue weighted by Gasteiger charge is -1.99. The van der Waals surface area contributed by atoms with E-state index in [1.54, 1.807) is 0 Å². The van der Waals surface area contributed by atoms with Crippen molar-refractivity contribution in [3.05, 3.63) is 22.7 Å². The highest BCUT2D eigenvalue weighted by molar-refractivity contribution is 5.24. The van der Waals surface area contributed by atoms with E-state index in [0.717, 1.165) is 4.68 Å². The van der Waals surface area contributed by atoms with Crippen molar-refractivity contribution in [2.45, 2.75) is 0 Å². The summed E-state index contributed by atoms with van der Waals surface area (Å²) in [6.07, 6.45) is 6.29. The fourth-order valence-electron chi connectivity index (χ4n) is 0.571. The lowest BCUT2D eigenvalue weighted by molar-refractivity contribution is 0.854. The first kappa shape index (κ1) is 7.15. The maximum atomic E-state index is 10.8. The molecule has 0 saturated heterocycles. The summed E-state index contributed by atoms with van der Waals surface area (Å²) in [4.78, 5) is 14.3. The Morgan fingerprint density at radius 2 is 2.55 bits per heavy atom. The predicted molar refractivity (Wildman–Crippen MR) is 41.1 cm³/mol. The molecule has 0 aromatic carbocycles. The zero-order valence-electron chi connectivity index (χ0n) is 5.61. The van der Waals surface area contributed by atoms with E-state index in [9.17, 15) is 4.79 Å². The maximum Gasteiger partial charge on any atom is 0.368 e. The Bertz CT molecular complexity index is 348. The largest absolute Gasteiger partial charge is 0.383 e. The highest BCUT2D eigenvalue weighted by Crippen LogP contribution is 1.86. The SMILES string of the molecule is C#CNn1ccc(N)nc1=O. The molecule has 0 amide bonds. The van der Waals surface area contributed by atoms with E-state index in [1.165, 1.54) is 12.3 Å². The van der Waals surface area contributed by atoms with E-state index in [-0.39, 0.29) is 5.82 Å². The first-order valence-corrected chi connectivity index (χ1v) is 2.81. The number of nitrogens with one attached hydrogen (secondary N) is 1. The number of hydrogen-bond acceptors (Lipinski definition) is 4. The summed E-state index contributed by atoms with van der Waals surface area (Å²) in [5, 5.41) is 0. The molecule has 0 saturated carbocycles. The minimum atomic E-state index is -0.525. The van der Waals surface area contributed by atoms with Gasteiger partial charge in [0.1, 0.15) is 5.82 Å². The van der Waals surface area contributed by atoms with E-state index in [4.69, 9.17) is 12.2 Å². The summed E-state index contributed by atoms with van der Waals surface area (Å²) in [5.74, 6) is 0.171. The van der Waals surface area contributed by atoms with Crippen LogP contribution in [0.5, 0.6) is 0 Å². The van der Waals surface area contributed by atoms with Crippen LogP contribution in [0, 0.1) is 12.5 Å². The molecule has 0 aliphatic carbocycles. The molecule has 0 fully saturated rings. The number of aromatic nitrogens is 2. The molecule has 11 heavy (non-hydrogen) atoms. The molecule has 0 unspecified atom stereocenters. The minimum Gasteiger partial charge on any atom is -0.383 e. The molecule has 1 aromatic heterocycles. The molecule has 0 bridgehead atoms. The second-order valence-electron chi connectivity index (χ2n) is 1.76. The third kappa shape index (κ3) is 1.49. The number of nitrogens with two attached hydrogens (primary N) is 1. The second-order valence-corrected chi connectivity index (χ2v) is 1.76. The third-order valence-electron chi connectivity index (χ3n) is 1.01. The second kappa shape index (κ2) is 2.75. The Morgan fingerprint density at radius 3 is 3.09 bits per heavy atom. The van der Waals surface area contributed by atoms with Crippen LogP contribution < -0.4 is 16.8 Å². The molecule has 1 aromatic rings. The van der Waals surface area contributed by atoms with Gasteiger partial charge in [-0.1, -0.05) is 6.42 Å². The normalized spacial score (nSPS) is 8.64. The zero-order valence-corrected chi connectivity index (χ0v) is 5.61. The Morgan fingerprint density at radius 1 is 1.82 bits per heavy atom. The van der Waals surface area contributed by atoms with Gasteiger partial charge in [-0.3, -0.25) is 0 Å². The quantitative estimate of drug-likeness (QED) is 0.396. The summed E-state index contributed by atoms with van der Waals surface area (Å²) in [6.45, 7) is 0. The Balaban J connectivity index is 3.12. The summed E-state index contributed by atoms with van der Waals surface area (Å²) in [5.41, 5.74) is 7.01. The maximum absolute atomic E-state index is 10.8. The number of hydrogen-bond donors (Lipinski definition) is 2. The summed E-state index contributed by atoms with van der Waals surface area (Å²) in [7, 11) is 0. The summed E-state index contributed by atoms with van der Waals surface area (Å²) >= 11 is 0. The zero-order chi connectivity index (χ0) is 8.27. The van der Waals surface area contributed by atoms with Crippen LogP contribution in [-0.2, 0) is 0 Å². The Labute approximate surface area is 62.8 Å². The Hall–Kier alpha value is -1.96. The molecule has 0 aliphatic heterocycles. The van der Waals surface area contributed by atoms with Gasteiger partial charge >= 0.3 is 5.69 Å². The lowest BCUT2D eigenvalue weighted by Crippen LogP contribution is -2.28. The van der Waals surface area contributed by atoms with Crippen LogP contribution in [0.15, 0.2) is 17.1 Å². The molecule has 5 heteroatoms. The molecule has 0 aliphatic rings. The van der Waals surface area contributed by atoms with E-state index in [1.807, 2.05) is 0 Å². The van der Waals surface area contributed by atoms with Crippen LogP contribution >= 0.6 is 0 Å². The van der Waals surface area contributed by atoms with Crippen LogP contribution in [0.3, 0.4) is 0 Å². The van der Waals surface area contributed by atoms with Crippen molar-refractivity contribution in [2.24, 2.45) is 0 Å².